The summed E-state index contributed by atoms with van der Waals surface area (Å²) in [5.41, 5.74) is 8.09. The monoisotopic (exact) mass is 298 g/mol. The number of nitrogens with zero attached hydrogens (tertiary/aromatic N) is 2. The number of aliphatic imine (C=N–C) groups is 1. The number of benzene rings is 1. The van der Waals surface area contributed by atoms with Gasteiger partial charge in [0.15, 0.2) is 5.96 Å². The van der Waals surface area contributed by atoms with Crippen LogP contribution in [-0.4, -0.2) is 5.96 Å². The summed E-state index contributed by atoms with van der Waals surface area (Å²) in [6.07, 6.45) is 0. The number of thiophene rings is 1. The van der Waals surface area contributed by atoms with Crippen molar-refractivity contribution >= 4 is 23.0 Å². The highest BCUT2D eigenvalue weighted by atomic mass is 32.1. The van der Waals surface area contributed by atoms with Gasteiger partial charge in [0.1, 0.15) is 10.9 Å². The van der Waals surface area contributed by atoms with E-state index in [-0.39, 0.29) is 0 Å². The topological polar surface area (TPSA) is 74.2 Å². The van der Waals surface area contributed by atoms with Crippen molar-refractivity contribution in [2.24, 2.45) is 10.7 Å². The number of anilines is 1. The molecule has 0 saturated heterocycles. The Morgan fingerprint density at radius 2 is 2.19 bits per heavy atom. The first-order chi connectivity index (χ1) is 10.1. The van der Waals surface area contributed by atoms with E-state index < -0.39 is 0 Å². The van der Waals surface area contributed by atoms with Crippen molar-refractivity contribution in [1.82, 2.24) is 0 Å². The van der Waals surface area contributed by atoms with Crippen LogP contribution in [0.5, 0.6) is 0 Å². The van der Waals surface area contributed by atoms with Gasteiger partial charge in [-0.05, 0) is 35.7 Å². The molecule has 0 aliphatic rings. The van der Waals surface area contributed by atoms with E-state index in [4.69, 9.17) is 11.0 Å². The lowest BCUT2D eigenvalue weighted by atomic mass is 10.0. The fourth-order valence-electron chi connectivity index (χ4n) is 1.85. The van der Waals surface area contributed by atoms with Crippen molar-refractivity contribution in [3.63, 3.8) is 0 Å². The fourth-order valence-corrected chi connectivity index (χ4v) is 2.58. The van der Waals surface area contributed by atoms with Gasteiger partial charge in [0.25, 0.3) is 0 Å². The smallest absolute Gasteiger partial charge is 0.193 e. The van der Waals surface area contributed by atoms with Crippen LogP contribution in [0.3, 0.4) is 0 Å². The molecule has 21 heavy (non-hydrogen) atoms. The van der Waals surface area contributed by atoms with E-state index in [0.717, 1.165) is 10.6 Å². The molecule has 0 atom stereocenters. The van der Waals surface area contributed by atoms with Crippen LogP contribution in [0.2, 0.25) is 0 Å². The maximum atomic E-state index is 8.78. The number of hydrogen-bond acceptors (Lipinski definition) is 3. The van der Waals surface area contributed by atoms with E-state index in [1.807, 2.05) is 18.2 Å². The van der Waals surface area contributed by atoms with Crippen molar-refractivity contribution in [3.05, 3.63) is 51.7 Å². The summed E-state index contributed by atoms with van der Waals surface area (Å²) in [5.74, 6) is 0.850. The van der Waals surface area contributed by atoms with Crippen LogP contribution >= 0.6 is 11.3 Å². The Bertz CT molecular complexity index is 680. The second-order valence-electron chi connectivity index (χ2n) is 4.98. The third-order valence-electron chi connectivity index (χ3n) is 3.00. The van der Waals surface area contributed by atoms with E-state index >= 15 is 0 Å². The summed E-state index contributed by atoms with van der Waals surface area (Å²) in [6, 6.07) is 14.0. The van der Waals surface area contributed by atoms with Crippen LogP contribution < -0.4 is 11.1 Å². The average Bonchev–Trinajstić information content (AvgIpc) is 2.93. The number of rotatable bonds is 4. The normalized spacial score (nSPS) is 11.4. The number of guanidine groups is 1. The van der Waals surface area contributed by atoms with Gasteiger partial charge in [-0.1, -0.05) is 26.0 Å². The summed E-state index contributed by atoms with van der Waals surface area (Å²) in [4.78, 5) is 6.01. The molecule has 0 amide bonds. The van der Waals surface area contributed by atoms with Crippen molar-refractivity contribution in [2.45, 2.75) is 26.3 Å². The number of nitrogens with one attached hydrogen (secondary N) is 1. The molecule has 3 N–H and O–H groups in total. The van der Waals surface area contributed by atoms with Gasteiger partial charge in [0, 0.05) is 10.6 Å². The molecule has 0 aliphatic carbocycles. The third-order valence-corrected chi connectivity index (χ3v) is 3.98. The van der Waals surface area contributed by atoms with Gasteiger partial charge in [0.2, 0.25) is 0 Å². The van der Waals surface area contributed by atoms with Crippen molar-refractivity contribution in [3.8, 4) is 6.07 Å². The summed E-state index contributed by atoms with van der Waals surface area (Å²) in [5, 5.41) is 11.9. The van der Waals surface area contributed by atoms with Gasteiger partial charge < -0.3 is 11.1 Å². The SMILES string of the molecule is CC(C)c1cccc(NC(N)=NCc2ccc(C#N)s2)c1. The van der Waals surface area contributed by atoms with E-state index in [0.29, 0.717) is 23.3 Å². The van der Waals surface area contributed by atoms with Gasteiger partial charge in [-0.15, -0.1) is 11.3 Å². The molecule has 1 aromatic heterocycles. The van der Waals surface area contributed by atoms with Gasteiger partial charge >= 0.3 is 0 Å². The molecule has 0 radical (unpaired) electrons. The lowest BCUT2D eigenvalue weighted by molar-refractivity contribution is 0.867. The quantitative estimate of drug-likeness (QED) is 0.668. The van der Waals surface area contributed by atoms with Crippen LogP contribution in [0.25, 0.3) is 0 Å². The molecule has 0 bridgehead atoms. The Kier molecular flexibility index (Phi) is 4.96. The minimum absolute atomic E-state index is 0.378. The molecule has 1 aromatic carbocycles. The zero-order valence-electron chi connectivity index (χ0n) is 12.1. The predicted molar refractivity (Wildman–Crippen MR) is 88.5 cm³/mol. The Morgan fingerprint density at radius 1 is 1.38 bits per heavy atom. The van der Waals surface area contributed by atoms with Gasteiger partial charge in [-0.25, -0.2) is 4.99 Å². The number of nitriles is 1. The third kappa shape index (κ3) is 4.33. The van der Waals surface area contributed by atoms with Crippen LogP contribution in [0.1, 0.15) is 35.1 Å². The van der Waals surface area contributed by atoms with Gasteiger partial charge in [0.05, 0.1) is 6.54 Å². The molecular weight excluding hydrogens is 280 g/mol. The van der Waals surface area contributed by atoms with Crippen LogP contribution in [0, 0.1) is 11.3 Å². The summed E-state index contributed by atoms with van der Waals surface area (Å²) >= 11 is 1.44. The maximum Gasteiger partial charge on any atom is 0.193 e. The van der Waals surface area contributed by atoms with Crippen LogP contribution in [-0.2, 0) is 6.54 Å². The fraction of sp³-hybridized carbons (Fsp3) is 0.250. The molecule has 108 valence electrons. The molecule has 0 fully saturated rings. The minimum atomic E-state index is 0.378. The number of nitrogens with two attached hydrogens (primary N) is 1. The Hall–Kier alpha value is -2.32. The Balaban J connectivity index is 2.00. The predicted octanol–water partition coefficient (Wildman–Crippen LogP) is 3.67. The standard InChI is InChI=1S/C16H18N4S/c1-11(2)12-4-3-5-13(8-12)20-16(18)19-10-15-7-6-14(9-17)21-15/h3-8,11H,10H2,1-2H3,(H3,18,19,20). The van der Waals surface area contributed by atoms with Crippen LogP contribution in [0.15, 0.2) is 41.4 Å². The molecule has 1 heterocycles. The lowest BCUT2D eigenvalue weighted by Gasteiger charge is -2.09. The molecule has 0 unspecified atom stereocenters. The molecule has 2 aromatic rings. The molecule has 5 heteroatoms. The molecule has 2 rings (SSSR count). The second kappa shape index (κ2) is 6.91. The molecule has 4 nitrogen and oxygen atoms in total. The first-order valence-electron chi connectivity index (χ1n) is 6.74. The Morgan fingerprint density at radius 3 is 2.86 bits per heavy atom. The van der Waals surface area contributed by atoms with Crippen molar-refractivity contribution in [1.29, 1.82) is 5.26 Å². The Labute approximate surface area is 128 Å². The maximum absolute atomic E-state index is 8.78. The van der Waals surface area contributed by atoms with Crippen molar-refractivity contribution in [2.75, 3.05) is 5.32 Å². The number of hydrogen-bond donors (Lipinski definition) is 2. The van der Waals surface area contributed by atoms with Crippen LogP contribution in [0.4, 0.5) is 5.69 Å². The second-order valence-corrected chi connectivity index (χ2v) is 6.15. The zero-order valence-corrected chi connectivity index (χ0v) is 12.9. The largest absolute Gasteiger partial charge is 0.370 e. The summed E-state index contributed by atoms with van der Waals surface area (Å²) in [7, 11) is 0. The first-order valence-corrected chi connectivity index (χ1v) is 7.56. The molecule has 0 saturated carbocycles. The van der Waals surface area contributed by atoms with Gasteiger partial charge in [-0.2, -0.15) is 5.26 Å². The molecular formula is C16H18N4S. The first kappa shape index (κ1) is 15.1. The zero-order chi connectivity index (χ0) is 15.2. The summed E-state index contributed by atoms with van der Waals surface area (Å²) in [6.45, 7) is 4.79. The van der Waals surface area contributed by atoms with E-state index in [1.165, 1.54) is 16.9 Å². The van der Waals surface area contributed by atoms with E-state index in [2.05, 4.69) is 42.4 Å². The minimum Gasteiger partial charge on any atom is -0.370 e. The highest BCUT2D eigenvalue weighted by Crippen LogP contribution is 2.19. The highest BCUT2D eigenvalue weighted by Gasteiger charge is 2.02. The highest BCUT2D eigenvalue weighted by molar-refractivity contribution is 7.12. The van der Waals surface area contributed by atoms with E-state index in [9.17, 15) is 0 Å². The lowest BCUT2D eigenvalue weighted by Crippen LogP contribution is -2.22. The average molecular weight is 298 g/mol. The molecule has 0 spiro atoms. The summed E-state index contributed by atoms with van der Waals surface area (Å²) < 4.78 is 0. The molecule has 0 aliphatic heterocycles. The van der Waals surface area contributed by atoms with Gasteiger partial charge in [-0.3, -0.25) is 0 Å². The van der Waals surface area contributed by atoms with Crippen molar-refractivity contribution < 1.29 is 0 Å². The van der Waals surface area contributed by atoms with E-state index in [1.54, 1.807) is 6.07 Å².